The first-order chi connectivity index (χ1) is 11.2. The van der Waals surface area contributed by atoms with Crippen molar-refractivity contribution >= 4 is 38.4 Å². The minimum absolute atomic E-state index is 0.0631. The zero-order valence-electron chi connectivity index (χ0n) is 13.4. The lowest BCUT2D eigenvalue weighted by atomic mass is 10.1. The van der Waals surface area contributed by atoms with Crippen LogP contribution in [0.25, 0.3) is 0 Å². The predicted molar refractivity (Wildman–Crippen MR) is 92.7 cm³/mol. The number of carbonyl (C=O) groups excluding carboxylic acids is 2. The average Bonchev–Trinajstić information content (AvgIpc) is 2.85. The maximum atomic E-state index is 12.3. The van der Waals surface area contributed by atoms with Crippen molar-refractivity contribution in [1.29, 1.82) is 0 Å². The van der Waals surface area contributed by atoms with Crippen LogP contribution in [0.2, 0.25) is 0 Å². The number of sulfonamides is 1. The summed E-state index contributed by atoms with van der Waals surface area (Å²) < 4.78 is 28.6. The summed E-state index contributed by atoms with van der Waals surface area (Å²) in [6.45, 7) is 3.10. The van der Waals surface area contributed by atoms with E-state index in [1.54, 1.807) is 18.5 Å². The van der Waals surface area contributed by atoms with Crippen LogP contribution in [0.1, 0.15) is 23.1 Å². The Labute approximate surface area is 144 Å². The molecule has 2 aromatic rings. The van der Waals surface area contributed by atoms with Crippen LogP contribution in [0.5, 0.6) is 0 Å². The number of nitrogens with zero attached hydrogens (tertiary/aromatic N) is 2. The molecule has 0 radical (unpaired) electrons. The number of benzene rings is 1. The zero-order valence-corrected chi connectivity index (χ0v) is 15.1. The molecule has 0 atom stereocenters. The maximum Gasteiger partial charge on any atom is 0.280 e. The summed E-state index contributed by atoms with van der Waals surface area (Å²) in [5.41, 5.74) is 0.745. The second-order valence-corrected chi connectivity index (χ2v) is 7.91. The molecule has 2 rings (SSSR count). The molecule has 7 nitrogen and oxygen atoms in total. The highest BCUT2D eigenvalue weighted by Crippen LogP contribution is 2.17. The Kier molecular flexibility index (Phi) is 5.45. The number of ketones is 1. The molecular formula is C15H17N3O4S2. The molecule has 0 aliphatic heterocycles. The van der Waals surface area contributed by atoms with Gasteiger partial charge in [-0.25, -0.2) is 4.98 Å². The van der Waals surface area contributed by atoms with Gasteiger partial charge < -0.3 is 4.57 Å². The molecule has 1 aromatic heterocycles. The molecule has 24 heavy (non-hydrogen) atoms. The number of hydrogen-bond donors (Lipinski definition) is 1. The van der Waals surface area contributed by atoms with E-state index in [1.807, 2.05) is 0 Å². The van der Waals surface area contributed by atoms with Crippen LogP contribution in [0.3, 0.4) is 0 Å². The Morgan fingerprint density at radius 1 is 1.25 bits per heavy atom. The van der Waals surface area contributed by atoms with Crippen LogP contribution >= 0.6 is 11.8 Å². The van der Waals surface area contributed by atoms with Gasteiger partial charge >= 0.3 is 0 Å². The zero-order chi connectivity index (χ0) is 17.9. The summed E-state index contributed by atoms with van der Waals surface area (Å²) in [5, 5.41) is -0.195. The number of nitrogens with one attached hydrogen (secondary N) is 1. The van der Waals surface area contributed by atoms with E-state index < -0.39 is 10.0 Å². The molecule has 0 saturated heterocycles. The number of hydrogen-bond acceptors (Lipinski definition) is 6. The van der Waals surface area contributed by atoms with Crippen molar-refractivity contribution < 1.29 is 18.0 Å². The number of rotatable bonds is 6. The van der Waals surface area contributed by atoms with Gasteiger partial charge in [-0.05, 0) is 31.2 Å². The minimum Gasteiger partial charge on any atom is -0.337 e. The SMILES string of the molecule is CC(=O)SCC(=O)c1ccc(NS(=O)(=O)c2cn(C)c(C)n2)cc1. The summed E-state index contributed by atoms with van der Waals surface area (Å²) in [6.07, 6.45) is 1.43. The standard InChI is InChI=1S/C15H17N3O4S2/c1-10-16-15(8-18(10)3)24(21,22)17-13-6-4-12(5-7-13)14(20)9-23-11(2)19/h4-8,17H,9H2,1-3H3. The van der Waals surface area contributed by atoms with Gasteiger partial charge in [0.25, 0.3) is 10.0 Å². The van der Waals surface area contributed by atoms with Crippen LogP contribution in [-0.2, 0) is 21.9 Å². The van der Waals surface area contributed by atoms with Crippen molar-refractivity contribution in [2.24, 2.45) is 7.05 Å². The van der Waals surface area contributed by atoms with Crippen molar-refractivity contribution in [3.63, 3.8) is 0 Å². The molecule has 128 valence electrons. The molecule has 0 amide bonds. The van der Waals surface area contributed by atoms with Crippen LogP contribution in [-0.4, -0.2) is 34.6 Å². The Balaban J connectivity index is 2.11. The molecule has 0 bridgehead atoms. The first-order valence-electron chi connectivity index (χ1n) is 6.98. The number of imidazole rings is 1. The van der Waals surface area contributed by atoms with Crippen LogP contribution in [0.15, 0.2) is 35.5 Å². The van der Waals surface area contributed by atoms with E-state index >= 15 is 0 Å². The van der Waals surface area contributed by atoms with Gasteiger partial charge in [-0.1, -0.05) is 11.8 Å². The highest BCUT2D eigenvalue weighted by molar-refractivity contribution is 8.14. The van der Waals surface area contributed by atoms with E-state index in [9.17, 15) is 18.0 Å². The molecule has 0 aliphatic rings. The van der Waals surface area contributed by atoms with Crippen molar-refractivity contribution in [2.75, 3.05) is 10.5 Å². The van der Waals surface area contributed by atoms with Crippen molar-refractivity contribution in [2.45, 2.75) is 18.9 Å². The predicted octanol–water partition coefficient (Wildman–Crippen LogP) is 1.99. The highest BCUT2D eigenvalue weighted by Gasteiger charge is 2.18. The first-order valence-corrected chi connectivity index (χ1v) is 9.45. The van der Waals surface area contributed by atoms with Crippen LogP contribution < -0.4 is 4.72 Å². The molecule has 0 aliphatic carbocycles. The third-order valence-corrected chi connectivity index (χ3v) is 5.29. The van der Waals surface area contributed by atoms with Gasteiger partial charge in [0.05, 0.1) is 5.75 Å². The van der Waals surface area contributed by atoms with E-state index in [2.05, 4.69) is 9.71 Å². The molecule has 0 saturated carbocycles. The highest BCUT2D eigenvalue weighted by atomic mass is 32.2. The lowest BCUT2D eigenvalue weighted by Crippen LogP contribution is -2.13. The average molecular weight is 367 g/mol. The largest absolute Gasteiger partial charge is 0.337 e. The van der Waals surface area contributed by atoms with Crippen LogP contribution in [0.4, 0.5) is 5.69 Å². The maximum absolute atomic E-state index is 12.3. The molecule has 0 spiro atoms. The topological polar surface area (TPSA) is 98.1 Å². The fraction of sp³-hybridized carbons (Fsp3) is 0.267. The van der Waals surface area contributed by atoms with E-state index in [1.165, 1.54) is 37.4 Å². The van der Waals surface area contributed by atoms with Gasteiger partial charge in [0.2, 0.25) is 0 Å². The molecule has 1 aromatic carbocycles. The second-order valence-electron chi connectivity index (χ2n) is 5.12. The Morgan fingerprint density at radius 2 is 1.88 bits per heavy atom. The van der Waals surface area contributed by atoms with Gasteiger partial charge in [0.1, 0.15) is 5.82 Å². The molecule has 1 N–H and O–H groups in total. The lowest BCUT2D eigenvalue weighted by Gasteiger charge is -2.06. The summed E-state index contributed by atoms with van der Waals surface area (Å²) in [4.78, 5) is 26.7. The molecule has 1 heterocycles. The number of aromatic nitrogens is 2. The fourth-order valence-electron chi connectivity index (χ4n) is 1.84. The number of aryl methyl sites for hydroxylation is 2. The molecule has 0 fully saturated rings. The van der Waals surface area contributed by atoms with E-state index in [0.29, 0.717) is 17.1 Å². The van der Waals surface area contributed by atoms with Crippen molar-refractivity contribution in [1.82, 2.24) is 9.55 Å². The Bertz CT molecular complexity index is 851. The number of carbonyl (C=O) groups is 2. The van der Waals surface area contributed by atoms with Gasteiger partial charge in [0, 0.05) is 31.4 Å². The first kappa shape index (κ1) is 18.2. The van der Waals surface area contributed by atoms with Crippen molar-refractivity contribution in [3.05, 3.63) is 41.9 Å². The van der Waals surface area contributed by atoms with Crippen LogP contribution in [0, 0.1) is 6.92 Å². The number of thioether (sulfide) groups is 1. The van der Waals surface area contributed by atoms with Gasteiger partial charge in [0.15, 0.2) is 15.9 Å². The quantitative estimate of drug-likeness (QED) is 0.784. The fourth-order valence-corrected chi connectivity index (χ4v) is 3.44. The monoisotopic (exact) mass is 367 g/mol. The molecular weight excluding hydrogens is 350 g/mol. The van der Waals surface area contributed by atoms with E-state index in [4.69, 9.17) is 0 Å². The van der Waals surface area contributed by atoms with Crippen molar-refractivity contribution in [3.8, 4) is 0 Å². The molecule has 0 unspecified atom stereocenters. The Morgan fingerprint density at radius 3 is 2.38 bits per heavy atom. The van der Waals surface area contributed by atoms with Gasteiger partial charge in [-0.15, -0.1) is 0 Å². The summed E-state index contributed by atoms with van der Waals surface area (Å²) in [7, 11) is -2.08. The minimum atomic E-state index is -3.79. The van der Waals surface area contributed by atoms with E-state index in [-0.39, 0.29) is 21.7 Å². The lowest BCUT2D eigenvalue weighted by molar-refractivity contribution is -0.109. The summed E-state index contributed by atoms with van der Waals surface area (Å²) in [5.74, 6) is 0.456. The van der Waals surface area contributed by atoms with Gasteiger partial charge in [-0.2, -0.15) is 8.42 Å². The smallest absolute Gasteiger partial charge is 0.280 e. The summed E-state index contributed by atoms with van der Waals surface area (Å²) in [6, 6.07) is 6.03. The Hall–Kier alpha value is -2.13. The third kappa shape index (κ3) is 4.45. The second kappa shape index (κ2) is 7.18. The third-order valence-electron chi connectivity index (χ3n) is 3.23. The van der Waals surface area contributed by atoms with E-state index in [0.717, 1.165) is 11.8 Å². The molecule has 9 heteroatoms. The van der Waals surface area contributed by atoms with Gasteiger partial charge in [-0.3, -0.25) is 14.3 Å². The normalized spacial score (nSPS) is 11.3. The number of Topliss-reactive ketones (excluding diaryl/α,β-unsaturated/α-hetero) is 1. The summed E-state index contributed by atoms with van der Waals surface area (Å²) >= 11 is 0.939. The number of anilines is 1.